The molecule has 0 unspecified atom stereocenters. The lowest BCUT2D eigenvalue weighted by molar-refractivity contribution is -0.114. The van der Waals surface area contributed by atoms with Crippen LogP contribution in [0.3, 0.4) is 0 Å². The summed E-state index contributed by atoms with van der Waals surface area (Å²) >= 11 is 0. The maximum absolute atomic E-state index is 10.9. The van der Waals surface area contributed by atoms with Gasteiger partial charge in [-0.15, -0.1) is 0 Å². The molecule has 0 aromatic heterocycles. The Bertz CT molecular complexity index is 400. The molecule has 0 aliphatic carbocycles. The number of carbonyl (C=O) groups excluding carboxylic acids is 1. The molecule has 0 saturated carbocycles. The highest BCUT2D eigenvalue weighted by Gasteiger charge is 2.09. The average Bonchev–Trinajstić information content (AvgIpc) is 2.41. The molecule has 104 valence electrons. The Morgan fingerprint density at radius 1 is 1.32 bits per heavy atom. The van der Waals surface area contributed by atoms with Gasteiger partial charge < -0.3 is 14.8 Å². The van der Waals surface area contributed by atoms with Gasteiger partial charge in [0.25, 0.3) is 0 Å². The Morgan fingerprint density at radius 3 is 2.63 bits per heavy atom. The van der Waals surface area contributed by atoms with Gasteiger partial charge in [-0.1, -0.05) is 0 Å². The first kappa shape index (κ1) is 13.8. The van der Waals surface area contributed by atoms with E-state index in [1.807, 2.05) is 24.3 Å². The van der Waals surface area contributed by atoms with Crippen molar-refractivity contribution in [2.45, 2.75) is 6.92 Å². The van der Waals surface area contributed by atoms with Crippen molar-refractivity contribution in [1.82, 2.24) is 4.90 Å². The fourth-order valence-corrected chi connectivity index (χ4v) is 1.96. The lowest BCUT2D eigenvalue weighted by Gasteiger charge is -2.26. The molecular formula is C14H20N2O3. The third-order valence-electron chi connectivity index (χ3n) is 2.95. The van der Waals surface area contributed by atoms with Crippen LogP contribution in [0.15, 0.2) is 24.3 Å². The van der Waals surface area contributed by atoms with Crippen LogP contribution in [0.1, 0.15) is 6.92 Å². The third-order valence-corrected chi connectivity index (χ3v) is 2.95. The van der Waals surface area contributed by atoms with Crippen LogP contribution in [-0.2, 0) is 9.53 Å². The molecule has 5 nitrogen and oxygen atoms in total. The molecule has 1 N–H and O–H groups in total. The Morgan fingerprint density at radius 2 is 2.00 bits per heavy atom. The van der Waals surface area contributed by atoms with Gasteiger partial charge in [-0.2, -0.15) is 0 Å². The van der Waals surface area contributed by atoms with Crippen LogP contribution in [0, 0.1) is 0 Å². The van der Waals surface area contributed by atoms with Crippen molar-refractivity contribution in [3.05, 3.63) is 24.3 Å². The van der Waals surface area contributed by atoms with Crippen LogP contribution < -0.4 is 10.1 Å². The number of carbonyl (C=O) groups is 1. The van der Waals surface area contributed by atoms with Crippen LogP contribution in [0.4, 0.5) is 5.69 Å². The smallest absolute Gasteiger partial charge is 0.221 e. The predicted molar refractivity (Wildman–Crippen MR) is 73.5 cm³/mol. The van der Waals surface area contributed by atoms with Crippen molar-refractivity contribution >= 4 is 11.6 Å². The predicted octanol–water partition coefficient (Wildman–Crippen LogP) is 1.36. The number of rotatable bonds is 5. The molecule has 0 radical (unpaired) electrons. The SMILES string of the molecule is CC(=O)Nc1ccc(OCCN2CCOCC2)cc1. The van der Waals surface area contributed by atoms with Gasteiger partial charge in [0.15, 0.2) is 0 Å². The van der Waals surface area contributed by atoms with E-state index in [0.29, 0.717) is 6.61 Å². The van der Waals surface area contributed by atoms with Crippen LogP contribution in [0.25, 0.3) is 0 Å². The second kappa shape index (κ2) is 7.11. The third kappa shape index (κ3) is 4.89. The molecule has 1 aliphatic heterocycles. The molecule has 1 aromatic carbocycles. The summed E-state index contributed by atoms with van der Waals surface area (Å²) in [6, 6.07) is 7.41. The standard InChI is InChI=1S/C14H20N2O3/c1-12(17)15-13-2-4-14(5-3-13)19-11-8-16-6-9-18-10-7-16/h2-5H,6-11H2,1H3,(H,15,17). The minimum Gasteiger partial charge on any atom is -0.492 e. The largest absolute Gasteiger partial charge is 0.492 e. The highest BCUT2D eigenvalue weighted by atomic mass is 16.5. The number of hydrogen-bond donors (Lipinski definition) is 1. The van der Waals surface area contributed by atoms with Gasteiger partial charge in [0.05, 0.1) is 13.2 Å². The molecule has 1 fully saturated rings. The molecule has 2 rings (SSSR count). The van der Waals surface area contributed by atoms with Crippen molar-refractivity contribution in [3.8, 4) is 5.75 Å². The fraction of sp³-hybridized carbons (Fsp3) is 0.500. The van der Waals surface area contributed by atoms with Crippen LogP contribution >= 0.6 is 0 Å². The first-order chi connectivity index (χ1) is 9.24. The van der Waals surface area contributed by atoms with Crippen molar-refractivity contribution in [3.63, 3.8) is 0 Å². The van der Waals surface area contributed by atoms with Gasteiger partial charge in [0, 0.05) is 32.2 Å². The van der Waals surface area contributed by atoms with E-state index < -0.39 is 0 Å². The number of morpholine rings is 1. The quantitative estimate of drug-likeness (QED) is 0.872. The summed E-state index contributed by atoms with van der Waals surface area (Å²) in [6.45, 7) is 6.65. The van der Waals surface area contributed by atoms with Gasteiger partial charge in [-0.05, 0) is 24.3 Å². The molecule has 1 saturated heterocycles. The lowest BCUT2D eigenvalue weighted by atomic mass is 10.3. The van der Waals surface area contributed by atoms with E-state index in [1.54, 1.807) is 0 Å². The second-order valence-electron chi connectivity index (χ2n) is 4.51. The normalized spacial score (nSPS) is 16.1. The van der Waals surface area contributed by atoms with Crippen LogP contribution in [0.2, 0.25) is 0 Å². The molecule has 0 bridgehead atoms. The highest BCUT2D eigenvalue weighted by Crippen LogP contribution is 2.15. The van der Waals surface area contributed by atoms with Gasteiger partial charge in [0.2, 0.25) is 5.91 Å². The van der Waals surface area contributed by atoms with E-state index >= 15 is 0 Å². The lowest BCUT2D eigenvalue weighted by Crippen LogP contribution is -2.38. The number of ether oxygens (including phenoxy) is 2. The van der Waals surface area contributed by atoms with E-state index in [1.165, 1.54) is 6.92 Å². The topological polar surface area (TPSA) is 50.8 Å². The van der Waals surface area contributed by atoms with Crippen molar-refractivity contribution in [2.24, 2.45) is 0 Å². The zero-order valence-electron chi connectivity index (χ0n) is 11.2. The summed E-state index contributed by atoms with van der Waals surface area (Å²) in [5.74, 6) is 0.753. The summed E-state index contributed by atoms with van der Waals surface area (Å²) in [5, 5.41) is 2.72. The zero-order chi connectivity index (χ0) is 13.5. The number of anilines is 1. The molecule has 0 atom stereocenters. The first-order valence-electron chi connectivity index (χ1n) is 6.54. The Labute approximate surface area is 113 Å². The van der Waals surface area contributed by atoms with Gasteiger partial charge in [-0.3, -0.25) is 9.69 Å². The molecule has 1 aliphatic rings. The number of amides is 1. The molecule has 19 heavy (non-hydrogen) atoms. The Hall–Kier alpha value is -1.59. The van der Waals surface area contributed by atoms with Gasteiger partial charge >= 0.3 is 0 Å². The fourth-order valence-electron chi connectivity index (χ4n) is 1.96. The maximum atomic E-state index is 10.9. The summed E-state index contributed by atoms with van der Waals surface area (Å²) in [6.07, 6.45) is 0. The minimum absolute atomic E-state index is 0.0685. The molecule has 1 heterocycles. The van der Waals surface area contributed by atoms with E-state index in [9.17, 15) is 4.79 Å². The van der Waals surface area contributed by atoms with E-state index in [0.717, 1.165) is 44.3 Å². The van der Waals surface area contributed by atoms with Crippen molar-refractivity contribution in [1.29, 1.82) is 0 Å². The average molecular weight is 264 g/mol. The number of nitrogens with one attached hydrogen (secondary N) is 1. The monoisotopic (exact) mass is 264 g/mol. The van der Waals surface area contributed by atoms with Crippen molar-refractivity contribution < 1.29 is 14.3 Å². The minimum atomic E-state index is -0.0685. The Balaban J connectivity index is 1.71. The molecular weight excluding hydrogens is 244 g/mol. The molecule has 1 aromatic rings. The summed E-state index contributed by atoms with van der Waals surface area (Å²) in [5.41, 5.74) is 0.785. The van der Waals surface area contributed by atoms with Gasteiger partial charge in [0.1, 0.15) is 12.4 Å². The van der Waals surface area contributed by atoms with E-state index in [2.05, 4.69) is 10.2 Å². The van der Waals surface area contributed by atoms with Crippen LogP contribution in [0.5, 0.6) is 5.75 Å². The highest BCUT2D eigenvalue weighted by molar-refractivity contribution is 5.88. The molecule has 5 heteroatoms. The zero-order valence-corrected chi connectivity index (χ0v) is 11.2. The molecule has 1 amide bonds. The number of hydrogen-bond acceptors (Lipinski definition) is 4. The van der Waals surface area contributed by atoms with Crippen LogP contribution in [-0.4, -0.2) is 50.3 Å². The van der Waals surface area contributed by atoms with Gasteiger partial charge in [-0.25, -0.2) is 0 Å². The molecule has 0 spiro atoms. The Kier molecular flexibility index (Phi) is 5.18. The van der Waals surface area contributed by atoms with E-state index in [4.69, 9.17) is 9.47 Å². The first-order valence-corrected chi connectivity index (χ1v) is 6.54. The second-order valence-corrected chi connectivity index (χ2v) is 4.51. The summed E-state index contributed by atoms with van der Waals surface area (Å²) in [4.78, 5) is 13.2. The maximum Gasteiger partial charge on any atom is 0.221 e. The summed E-state index contributed by atoms with van der Waals surface area (Å²) < 4.78 is 11.0. The van der Waals surface area contributed by atoms with Crippen molar-refractivity contribution in [2.75, 3.05) is 44.8 Å². The summed E-state index contributed by atoms with van der Waals surface area (Å²) in [7, 11) is 0. The number of benzene rings is 1. The van der Waals surface area contributed by atoms with E-state index in [-0.39, 0.29) is 5.91 Å². The number of nitrogens with zero attached hydrogens (tertiary/aromatic N) is 1.